The Kier molecular flexibility index (Phi) is 4.38. The van der Waals surface area contributed by atoms with E-state index in [0.29, 0.717) is 12.1 Å². The molecule has 0 amide bonds. The van der Waals surface area contributed by atoms with Crippen molar-refractivity contribution in [1.29, 1.82) is 0 Å². The third-order valence-corrected chi connectivity index (χ3v) is 4.38. The van der Waals surface area contributed by atoms with Crippen LogP contribution in [-0.4, -0.2) is 30.1 Å². The number of thiophene rings is 1. The van der Waals surface area contributed by atoms with E-state index in [2.05, 4.69) is 41.6 Å². The fourth-order valence-electron chi connectivity index (χ4n) is 2.40. The highest BCUT2D eigenvalue weighted by Gasteiger charge is 2.25. The highest BCUT2D eigenvalue weighted by molar-refractivity contribution is 7.09. The van der Waals surface area contributed by atoms with Crippen molar-refractivity contribution in [3.63, 3.8) is 0 Å². The molecule has 0 aliphatic carbocycles. The first-order valence-electron chi connectivity index (χ1n) is 6.33. The van der Waals surface area contributed by atoms with Crippen molar-refractivity contribution in [3.05, 3.63) is 22.4 Å². The molecular formula is C13H22N2S. The van der Waals surface area contributed by atoms with Crippen molar-refractivity contribution in [2.45, 2.75) is 45.3 Å². The molecule has 2 rings (SSSR count). The second kappa shape index (κ2) is 5.80. The van der Waals surface area contributed by atoms with Gasteiger partial charge in [0, 0.05) is 36.6 Å². The number of hydrogen-bond donors (Lipinski definition) is 1. The molecule has 1 fully saturated rings. The minimum absolute atomic E-state index is 0.683. The van der Waals surface area contributed by atoms with Gasteiger partial charge in [-0.1, -0.05) is 19.9 Å². The molecule has 0 spiro atoms. The van der Waals surface area contributed by atoms with Gasteiger partial charge in [-0.3, -0.25) is 4.90 Å². The van der Waals surface area contributed by atoms with Gasteiger partial charge in [0.1, 0.15) is 0 Å². The second-order valence-electron chi connectivity index (χ2n) is 4.58. The molecule has 2 unspecified atom stereocenters. The molecular weight excluding hydrogens is 216 g/mol. The summed E-state index contributed by atoms with van der Waals surface area (Å²) in [7, 11) is 0. The molecule has 1 aliphatic rings. The Hall–Kier alpha value is -0.380. The van der Waals surface area contributed by atoms with Gasteiger partial charge in [-0.2, -0.15) is 0 Å². The molecule has 90 valence electrons. The number of hydrogen-bond acceptors (Lipinski definition) is 3. The number of nitrogens with zero attached hydrogens (tertiary/aromatic N) is 1. The summed E-state index contributed by atoms with van der Waals surface area (Å²) >= 11 is 1.88. The predicted octanol–water partition coefficient (Wildman–Crippen LogP) is 2.71. The zero-order chi connectivity index (χ0) is 11.4. The fourth-order valence-corrected chi connectivity index (χ4v) is 3.13. The van der Waals surface area contributed by atoms with Gasteiger partial charge in [-0.05, 0) is 24.3 Å². The third-order valence-electron chi connectivity index (χ3n) is 3.52. The molecule has 2 nitrogen and oxygen atoms in total. The van der Waals surface area contributed by atoms with Crippen molar-refractivity contribution in [2.75, 3.05) is 13.1 Å². The van der Waals surface area contributed by atoms with Gasteiger partial charge >= 0.3 is 0 Å². The minimum atomic E-state index is 0.683. The number of piperazine rings is 1. The quantitative estimate of drug-likeness (QED) is 0.867. The summed E-state index contributed by atoms with van der Waals surface area (Å²) in [6, 6.07) is 5.80. The lowest BCUT2D eigenvalue weighted by atomic mass is 10.1. The predicted molar refractivity (Wildman–Crippen MR) is 70.9 cm³/mol. The second-order valence-corrected chi connectivity index (χ2v) is 5.62. The van der Waals surface area contributed by atoms with E-state index in [-0.39, 0.29) is 0 Å². The van der Waals surface area contributed by atoms with Crippen molar-refractivity contribution >= 4 is 11.3 Å². The first-order chi connectivity index (χ1) is 7.83. The van der Waals surface area contributed by atoms with Crippen molar-refractivity contribution in [3.8, 4) is 0 Å². The Bertz CT molecular complexity index is 297. The molecule has 0 bridgehead atoms. The molecule has 1 aromatic heterocycles. The van der Waals surface area contributed by atoms with E-state index in [9.17, 15) is 0 Å². The van der Waals surface area contributed by atoms with Crippen LogP contribution in [0.5, 0.6) is 0 Å². The molecule has 3 heteroatoms. The Labute approximate surface area is 103 Å². The zero-order valence-corrected chi connectivity index (χ0v) is 11.1. The Balaban J connectivity index is 1.97. The summed E-state index contributed by atoms with van der Waals surface area (Å²) in [6.45, 7) is 8.05. The maximum Gasteiger partial charge on any atom is 0.0332 e. The van der Waals surface area contributed by atoms with Crippen LogP contribution in [0.2, 0.25) is 0 Å². The van der Waals surface area contributed by atoms with Crippen molar-refractivity contribution in [2.24, 2.45) is 0 Å². The molecule has 16 heavy (non-hydrogen) atoms. The van der Waals surface area contributed by atoms with Crippen LogP contribution in [0.15, 0.2) is 17.5 Å². The monoisotopic (exact) mass is 238 g/mol. The van der Waals surface area contributed by atoms with Crippen LogP contribution < -0.4 is 5.32 Å². The standard InChI is InChI=1S/C13H22N2S/c1-3-11-9-15(12(4-2)8-14-11)10-13-6-5-7-16-13/h5-7,11-12,14H,3-4,8-10H2,1-2H3. The minimum Gasteiger partial charge on any atom is -0.311 e. The van der Waals surface area contributed by atoms with Gasteiger partial charge in [0.25, 0.3) is 0 Å². The largest absolute Gasteiger partial charge is 0.311 e. The lowest BCUT2D eigenvalue weighted by molar-refractivity contribution is 0.118. The van der Waals surface area contributed by atoms with Gasteiger partial charge in [-0.25, -0.2) is 0 Å². The Morgan fingerprint density at radius 2 is 2.31 bits per heavy atom. The smallest absolute Gasteiger partial charge is 0.0332 e. The van der Waals surface area contributed by atoms with E-state index in [1.165, 1.54) is 24.3 Å². The molecule has 1 N–H and O–H groups in total. The lowest BCUT2D eigenvalue weighted by Gasteiger charge is -2.39. The van der Waals surface area contributed by atoms with Crippen molar-refractivity contribution in [1.82, 2.24) is 10.2 Å². The van der Waals surface area contributed by atoms with Gasteiger partial charge in [-0.15, -0.1) is 11.3 Å². The molecule has 0 saturated carbocycles. The molecule has 1 aliphatic heterocycles. The summed E-state index contributed by atoms with van der Waals surface area (Å²) in [6.07, 6.45) is 2.48. The third kappa shape index (κ3) is 2.84. The highest BCUT2D eigenvalue weighted by atomic mass is 32.1. The van der Waals surface area contributed by atoms with Gasteiger partial charge in [0.05, 0.1) is 0 Å². The van der Waals surface area contributed by atoms with Crippen LogP contribution >= 0.6 is 11.3 Å². The summed E-state index contributed by atoms with van der Waals surface area (Å²) in [4.78, 5) is 4.14. The summed E-state index contributed by atoms with van der Waals surface area (Å²) in [5.41, 5.74) is 0. The summed E-state index contributed by atoms with van der Waals surface area (Å²) in [5.74, 6) is 0. The van der Waals surface area contributed by atoms with E-state index in [4.69, 9.17) is 0 Å². The zero-order valence-electron chi connectivity index (χ0n) is 10.3. The summed E-state index contributed by atoms with van der Waals surface area (Å²) in [5, 5.41) is 5.82. The molecule has 0 radical (unpaired) electrons. The average molecular weight is 238 g/mol. The van der Waals surface area contributed by atoms with E-state index in [1.807, 2.05) is 11.3 Å². The van der Waals surface area contributed by atoms with Crippen LogP contribution in [0.1, 0.15) is 31.6 Å². The lowest BCUT2D eigenvalue weighted by Crippen LogP contribution is -2.55. The topological polar surface area (TPSA) is 15.3 Å². The summed E-state index contributed by atoms with van der Waals surface area (Å²) < 4.78 is 0. The van der Waals surface area contributed by atoms with Gasteiger partial charge in [0.2, 0.25) is 0 Å². The van der Waals surface area contributed by atoms with Gasteiger partial charge < -0.3 is 5.32 Å². The molecule has 0 aromatic carbocycles. The number of nitrogens with one attached hydrogen (secondary N) is 1. The van der Waals surface area contributed by atoms with E-state index >= 15 is 0 Å². The highest BCUT2D eigenvalue weighted by Crippen LogP contribution is 2.18. The van der Waals surface area contributed by atoms with Gasteiger partial charge in [0.15, 0.2) is 0 Å². The number of rotatable bonds is 4. The fraction of sp³-hybridized carbons (Fsp3) is 0.692. The van der Waals surface area contributed by atoms with Crippen LogP contribution in [0.4, 0.5) is 0 Å². The first-order valence-corrected chi connectivity index (χ1v) is 7.21. The Morgan fingerprint density at radius 3 is 2.94 bits per heavy atom. The van der Waals surface area contributed by atoms with Crippen molar-refractivity contribution < 1.29 is 0 Å². The van der Waals surface area contributed by atoms with E-state index < -0.39 is 0 Å². The van der Waals surface area contributed by atoms with Crippen LogP contribution in [0.3, 0.4) is 0 Å². The molecule has 2 atom stereocenters. The van der Waals surface area contributed by atoms with Crippen LogP contribution in [-0.2, 0) is 6.54 Å². The molecule has 1 saturated heterocycles. The van der Waals surface area contributed by atoms with Crippen LogP contribution in [0.25, 0.3) is 0 Å². The first kappa shape index (κ1) is 12.1. The molecule has 1 aromatic rings. The SMILES string of the molecule is CCC1CN(Cc2cccs2)C(CC)CN1. The van der Waals surface area contributed by atoms with E-state index in [0.717, 1.165) is 13.1 Å². The maximum atomic E-state index is 3.64. The maximum absolute atomic E-state index is 3.64. The average Bonchev–Trinajstić information content (AvgIpc) is 2.82. The normalized spacial score (nSPS) is 27.1. The molecule has 2 heterocycles. The van der Waals surface area contributed by atoms with Crippen LogP contribution in [0, 0.1) is 0 Å². The van der Waals surface area contributed by atoms with E-state index in [1.54, 1.807) is 0 Å². The Morgan fingerprint density at radius 1 is 1.44 bits per heavy atom.